The normalized spacial score (nSPS) is 11.8. The highest BCUT2D eigenvalue weighted by Crippen LogP contribution is 2.29. The van der Waals surface area contributed by atoms with Gasteiger partial charge in [-0.15, -0.1) is 0 Å². The van der Waals surface area contributed by atoms with Crippen LogP contribution in [0.5, 0.6) is 5.75 Å². The molecule has 0 saturated carbocycles. The van der Waals surface area contributed by atoms with Gasteiger partial charge in [-0.1, -0.05) is 11.6 Å². The molecule has 1 aromatic rings. The van der Waals surface area contributed by atoms with Crippen molar-refractivity contribution in [2.75, 3.05) is 12.4 Å². The number of amides is 2. The summed E-state index contributed by atoms with van der Waals surface area (Å²) in [5.74, 6) is -0.307. The zero-order chi connectivity index (χ0) is 17.1. The summed E-state index contributed by atoms with van der Waals surface area (Å²) in [6, 6.07) is 4.89. The minimum Gasteiger partial charge on any atom is -0.495 e. The highest BCUT2D eigenvalue weighted by atomic mass is 35.5. The van der Waals surface area contributed by atoms with Crippen molar-refractivity contribution in [3.8, 4) is 5.75 Å². The van der Waals surface area contributed by atoms with Crippen molar-refractivity contribution in [1.82, 2.24) is 5.32 Å². The first-order chi connectivity index (χ1) is 9.97. The summed E-state index contributed by atoms with van der Waals surface area (Å²) < 4.78 is 5.18. The summed E-state index contributed by atoms with van der Waals surface area (Å²) in [5.41, 5.74) is -1.22. The van der Waals surface area contributed by atoms with Crippen molar-refractivity contribution in [2.24, 2.45) is 5.41 Å². The van der Waals surface area contributed by atoms with E-state index >= 15 is 0 Å². The van der Waals surface area contributed by atoms with E-state index in [2.05, 4.69) is 10.6 Å². The molecule has 0 bridgehead atoms. The van der Waals surface area contributed by atoms with Gasteiger partial charge in [0.25, 0.3) is 0 Å². The van der Waals surface area contributed by atoms with Gasteiger partial charge in [0.1, 0.15) is 11.2 Å². The zero-order valence-corrected chi connectivity index (χ0v) is 14.6. The fourth-order valence-electron chi connectivity index (χ4n) is 1.66. The second-order valence-corrected chi connectivity index (χ2v) is 7.06. The van der Waals surface area contributed by atoms with Crippen molar-refractivity contribution in [3.05, 3.63) is 23.2 Å². The van der Waals surface area contributed by atoms with Crippen LogP contribution in [0.1, 0.15) is 34.6 Å². The average Bonchev–Trinajstić information content (AvgIpc) is 2.36. The van der Waals surface area contributed by atoms with E-state index in [1.165, 1.54) is 7.11 Å². The van der Waals surface area contributed by atoms with Gasteiger partial charge in [0.15, 0.2) is 0 Å². The molecule has 0 aliphatic carbocycles. The van der Waals surface area contributed by atoms with Crippen LogP contribution >= 0.6 is 11.6 Å². The Morgan fingerprint density at radius 1 is 1.09 bits per heavy atom. The Balaban J connectivity index is 2.96. The number of methoxy groups -OCH3 is 1. The number of carbonyl (C=O) groups is 2. The molecule has 22 heavy (non-hydrogen) atoms. The van der Waals surface area contributed by atoms with E-state index in [1.807, 2.05) is 20.8 Å². The minimum absolute atomic E-state index is 0.349. The molecule has 0 saturated heterocycles. The van der Waals surface area contributed by atoms with E-state index in [-0.39, 0.29) is 5.91 Å². The lowest BCUT2D eigenvalue weighted by molar-refractivity contribution is -0.139. The van der Waals surface area contributed by atoms with Gasteiger partial charge in [0.05, 0.1) is 12.8 Å². The molecule has 0 aliphatic rings. The van der Waals surface area contributed by atoms with Gasteiger partial charge >= 0.3 is 0 Å². The highest BCUT2D eigenvalue weighted by molar-refractivity contribution is 6.31. The molecule has 0 unspecified atom stereocenters. The first-order valence-corrected chi connectivity index (χ1v) is 7.33. The largest absolute Gasteiger partial charge is 0.495 e. The Morgan fingerprint density at radius 3 is 2.18 bits per heavy atom. The number of halogens is 1. The second-order valence-electron chi connectivity index (χ2n) is 6.63. The maximum Gasteiger partial charge on any atom is 0.239 e. The van der Waals surface area contributed by atoms with Crippen molar-refractivity contribution in [2.45, 2.75) is 40.2 Å². The first-order valence-electron chi connectivity index (χ1n) is 6.95. The van der Waals surface area contributed by atoms with E-state index in [1.54, 1.807) is 32.0 Å². The van der Waals surface area contributed by atoms with E-state index in [4.69, 9.17) is 16.3 Å². The van der Waals surface area contributed by atoms with E-state index in [0.29, 0.717) is 16.5 Å². The van der Waals surface area contributed by atoms with Gasteiger partial charge in [0.2, 0.25) is 11.8 Å². The number of ether oxygens (including phenoxy) is 1. The summed E-state index contributed by atoms with van der Waals surface area (Å²) in [7, 11) is 1.50. The van der Waals surface area contributed by atoms with Gasteiger partial charge in [-0.2, -0.15) is 0 Å². The third-order valence-corrected chi connectivity index (χ3v) is 3.27. The molecule has 5 nitrogen and oxygen atoms in total. The van der Waals surface area contributed by atoms with Gasteiger partial charge in [-0.05, 0) is 52.8 Å². The van der Waals surface area contributed by atoms with Crippen LogP contribution in [-0.2, 0) is 9.59 Å². The van der Waals surface area contributed by atoms with Crippen LogP contribution in [-0.4, -0.2) is 24.5 Å². The topological polar surface area (TPSA) is 67.4 Å². The standard InChI is InChI=1S/C16H23ClN2O3/c1-15(2,3)19-14(21)16(4,5)13(20)18-11-9-10(17)7-8-12(11)22-6/h7-9H,1-6H3,(H,18,20)(H,19,21). The van der Waals surface area contributed by atoms with Crippen molar-refractivity contribution in [3.63, 3.8) is 0 Å². The van der Waals surface area contributed by atoms with Crippen molar-refractivity contribution in [1.29, 1.82) is 0 Å². The highest BCUT2D eigenvalue weighted by Gasteiger charge is 2.38. The maximum atomic E-state index is 12.5. The van der Waals surface area contributed by atoms with E-state index in [0.717, 1.165) is 0 Å². The Bertz CT molecular complexity index is 577. The number of rotatable bonds is 4. The molecule has 1 aromatic carbocycles. The van der Waals surface area contributed by atoms with Crippen LogP contribution in [0.2, 0.25) is 5.02 Å². The number of anilines is 1. The van der Waals surface area contributed by atoms with Crippen LogP contribution in [0.15, 0.2) is 18.2 Å². The molecule has 122 valence electrons. The fourth-order valence-corrected chi connectivity index (χ4v) is 1.83. The molecule has 0 aliphatic heterocycles. The molecule has 2 N–H and O–H groups in total. The Morgan fingerprint density at radius 2 is 1.68 bits per heavy atom. The SMILES string of the molecule is COc1ccc(Cl)cc1NC(=O)C(C)(C)C(=O)NC(C)(C)C. The Kier molecular flexibility index (Phi) is 5.46. The smallest absolute Gasteiger partial charge is 0.239 e. The van der Waals surface area contributed by atoms with Crippen molar-refractivity contribution < 1.29 is 14.3 Å². The Labute approximate surface area is 136 Å². The number of hydrogen-bond acceptors (Lipinski definition) is 3. The predicted octanol–water partition coefficient (Wildman–Crippen LogP) is 3.23. The Hall–Kier alpha value is -1.75. The van der Waals surface area contributed by atoms with Crippen LogP contribution in [0, 0.1) is 5.41 Å². The maximum absolute atomic E-state index is 12.5. The van der Waals surface area contributed by atoms with Gasteiger partial charge in [-0.25, -0.2) is 0 Å². The lowest BCUT2D eigenvalue weighted by Gasteiger charge is -2.28. The monoisotopic (exact) mass is 326 g/mol. The molecule has 0 spiro atoms. The number of benzene rings is 1. The average molecular weight is 327 g/mol. The van der Waals surface area contributed by atoms with Gasteiger partial charge in [-0.3, -0.25) is 9.59 Å². The lowest BCUT2D eigenvalue weighted by Crippen LogP contribution is -2.51. The molecule has 2 amide bonds. The van der Waals surface area contributed by atoms with Crippen LogP contribution < -0.4 is 15.4 Å². The molecule has 0 aromatic heterocycles. The molecule has 1 rings (SSSR count). The predicted molar refractivity (Wildman–Crippen MR) is 88.3 cm³/mol. The molecule has 0 radical (unpaired) electrons. The summed E-state index contributed by atoms with van der Waals surface area (Å²) in [4.78, 5) is 24.8. The molecular formula is C16H23ClN2O3. The number of nitrogens with one attached hydrogen (secondary N) is 2. The first kappa shape index (κ1) is 18.3. The third-order valence-electron chi connectivity index (χ3n) is 3.03. The quantitative estimate of drug-likeness (QED) is 0.835. The zero-order valence-electron chi connectivity index (χ0n) is 13.8. The van der Waals surface area contributed by atoms with E-state index in [9.17, 15) is 9.59 Å². The van der Waals surface area contributed by atoms with Crippen LogP contribution in [0.25, 0.3) is 0 Å². The summed E-state index contributed by atoms with van der Waals surface area (Å²) in [6.07, 6.45) is 0. The molecule has 0 atom stereocenters. The third kappa shape index (κ3) is 4.63. The van der Waals surface area contributed by atoms with Crippen LogP contribution in [0.4, 0.5) is 5.69 Å². The summed E-state index contributed by atoms with van der Waals surface area (Å²) >= 11 is 5.94. The fraction of sp³-hybridized carbons (Fsp3) is 0.500. The lowest BCUT2D eigenvalue weighted by atomic mass is 9.89. The molecule has 6 heteroatoms. The summed E-state index contributed by atoms with van der Waals surface area (Å²) in [5, 5.41) is 5.97. The number of carbonyl (C=O) groups excluding carboxylic acids is 2. The van der Waals surface area contributed by atoms with Crippen LogP contribution in [0.3, 0.4) is 0 Å². The number of hydrogen-bond donors (Lipinski definition) is 2. The van der Waals surface area contributed by atoms with E-state index < -0.39 is 16.9 Å². The summed E-state index contributed by atoms with van der Waals surface area (Å²) in [6.45, 7) is 8.72. The van der Waals surface area contributed by atoms with Crippen molar-refractivity contribution >= 4 is 29.1 Å². The van der Waals surface area contributed by atoms with Gasteiger partial charge < -0.3 is 15.4 Å². The minimum atomic E-state index is -1.24. The molecular weight excluding hydrogens is 304 g/mol. The molecule has 0 heterocycles. The molecule has 0 fully saturated rings. The van der Waals surface area contributed by atoms with Gasteiger partial charge in [0, 0.05) is 10.6 Å². The second kappa shape index (κ2) is 6.57.